The first-order chi connectivity index (χ1) is 10.7. The molecular weight excluding hydrogens is 309 g/mol. The Bertz CT molecular complexity index is 562. The van der Waals surface area contributed by atoms with Gasteiger partial charge in [0.25, 0.3) is 0 Å². The molecule has 2 rings (SSSR count). The van der Waals surface area contributed by atoms with Crippen LogP contribution in [0.3, 0.4) is 0 Å². The highest BCUT2D eigenvalue weighted by molar-refractivity contribution is 5.79. The van der Waals surface area contributed by atoms with Crippen molar-refractivity contribution in [2.75, 3.05) is 39.1 Å². The Morgan fingerprint density at radius 2 is 2.13 bits per heavy atom. The fraction of sp³-hybridized carbons (Fsp3) is 0.600. The van der Waals surface area contributed by atoms with Crippen molar-refractivity contribution in [3.63, 3.8) is 0 Å². The number of nitrogens with one attached hydrogen (secondary N) is 1. The van der Waals surface area contributed by atoms with E-state index in [1.165, 1.54) is 0 Å². The molecule has 1 aromatic heterocycles. The number of rotatable bonds is 4. The minimum absolute atomic E-state index is 0.120. The van der Waals surface area contributed by atoms with Gasteiger partial charge in [0.1, 0.15) is 5.82 Å². The van der Waals surface area contributed by atoms with E-state index in [2.05, 4.69) is 10.3 Å². The van der Waals surface area contributed by atoms with Gasteiger partial charge in [0, 0.05) is 39.9 Å². The number of hydrogen-bond acceptors (Lipinski definition) is 4. The number of carbonyl (C=O) groups is 1. The summed E-state index contributed by atoms with van der Waals surface area (Å²) in [5, 5.41) is 2.62. The summed E-state index contributed by atoms with van der Waals surface area (Å²) in [5.41, 5.74) is 0.798. The largest absolute Gasteiger partial charge is 0.393 e. The van der Waals surface area contributed by atoms with Gasteiger partial charge in [0.05, 0.1) is 11.8 Å². The average molecular weight is 330 g/mol. The second-order valence-electron chi connectivity index (χ2n) is 6.11. The zero-order chi connectivity index (χ0) is 17.2. The lowest BCUT2D eigenvalue weighted by molar-refractivity contribution is -0.183. The molecule has 23 heavy (non-hydrogen) atoms. The molecule has 1 aromatic rings. The third kappa shape index (κ3) is 4.34. The van der Waals surface area contributed by atoms with Gasteiger partial charge in [-0.05, 0) is 24.7 Å². The third-order valence-electron chi connectivity index (χ3n) is 3.99. The number of likely N-dealkylation sites (tertiary alicyclic amines) is 1. The summed E-state index contributed by atoms with van der Waals surface area (Å²) in [6.45, 7) is 0.171. The van der Waals surface area contributed by atoms with Gasteiger partial charge in [-0.15, -0.1) is 0 Å². The molecule has 1 aliphatic rings. The highest BCUT2D eigenvalue weighted by Crippen LogP contribution is 2.37. The van der Waals surface area contributed by atoms with Crippen LogP contribution in [0.5, 0.6) is 0 Å². The Balaban J connectivity index is 2.00. The fourth-order valence-corrected chi connectivity index (χ4v) is 2.73. The molecule has 5 nitrogen and oxygen atoms in total. The van der Waals surface area contributed by atoms with Crippen LogP contribution in [-0.4, -0.2) is 56.2 Å². The van der Waals surface area contributed by atoms with Crippen LogP contribution in [0.1, 0.15) is 5.56 Å². The molecule has 1 aliphatic heterocycles. The zero-order valence-corrected chi connectivity index (χ0v) is 13.4. The summed E-state index contributed by atoms with van der Waals surface area (Å²) < 4.78 is 39.1. The Kier molecular flexibility index (Phi) is 5.13. The van der Waals surface area contributed by atoms with Gasteiger partial charge in [0.2, 0.25) is 5.91 Å². The molecule has 1 saturated heterocycles. The molecule has 1 amide bonds. The topological polar surface area (TPSA) is 48.5 Å². The van der Waals surface area contributed by atoms with Gasteiger partial charge < -0.3 is 15.1 Å². The summed E-state index contributed by atoms with van der Waals surface area (Å²) in [6.07, 6.45) is -2.75. The number of amides is 1. The molecule has 2 atom stereocenters. The van der Waals surface area contributed by atoms with Crippen molar-refractivity contribution in [1.29, 1.82) is 0 Å². The van der Waals surface area contributed by atoms with Crippen molar-refractivity contribution in [3.8, 4) is 0 Å². The maximum absolute atomic E-state index is 13.0. The van der Waals surface area contributed by atoms with Gasteiger partial charge in [-0.1, -0.05) is 0 Å². The summed E-state index contributed by atoms with van der Waals surface area (Å²) >= 11 is 0. The summed E-state index contributed by atoms with van der Waals surface area (Å²) in [7, 11) is 5.28. The van der Waals surface area contributed by atoms with Crippen molar-refractivity contribution >= 4 is 11.7 Å². The predicted molar refractivity (Wildman–Crippen MR) is 80.9 cm³/mol. The van der Waals surface area contributed by atoms with E-state index in [1.807, 2.05) is 19.0 Å². The fourth-order valence-electron chi connectivity index (χ4n) is 2.73. The summed E-state index contributed by atoms with van der Waals surface area (Å²) in [5.74, 6) is -2.50. The van der Waals surface area contributed by atoms with Crippen molar-refractivity contribution in [2.24, 2.45) is 11.8 Å². The minimum atomic E-state index is -4.36. The SMILES string of the molecule is CN1C[C@@H](C(F)(F)F)[C@H](C(=O)NCc2ccnc(N(C)C)c2)C1. The highest BCUT2D eigenvalue weighted by atomic mass is 19.4. The standard InChI is InChI=1S/C15H21F3N4O/c1-21(2)13-6-10(4-5-19-13)7-20-14(23)11-8-22(3)9-12(11)15(16,17)18/h4-6,11-12H,7-9H2,1-3H3,(H,20,23)/t11-,12-/m1/s1. The monoisotopic (exact) mass is 330 g/mol. The van der Waals surface area contributed by atoms with Crippen LogP contribution in [-0.2, 0) is 11.3 Å². The lowest BCUT2D eigenvalue weighted by Crippen LogP contribution is -2.39. The second kappa shape index (κ2) is 6.74. The number of pyridine rings is 1. The smallest absolute Gasteiger partial charge is 0.363 e. The van der Waals surface area contributed by atoms with Crippen LogP contribution in [0.25, 0.3) is 0 Å². The number of aromatic nitrogens is 1. The highest BCUT2D eigenvalue weighted by Gasteiger charge is 2.51. The van der Waals surface area contributed by atoms with Gasteiger partial charge >= 0.3 is 6.18 Å². The van der Waals surface area contributed by atoms with E-state index in [0.717, 1.165) is 11.4 Å². The molecule has 0 unspecified atom stereocenters. The summed E-state index contributed by atoms with van der Waals surface area (Å²) in [6, 6.07) is 3.53. The summed E-state index contributed by atoms with van der Waals surface area (Å²) in [4.78, 5) is 19.7. The Labute approximate surface area is 133 Å². The number of anilines is 1. The number of halogens is 3. The molecule has 0 bridgehead atoms. The van der Waals surface area contributed by atoms with E-state index < -0.39 is 23.9 Å². The normalized spacial score (nSPS) is 22.2. The molecule has 0 spiro atoms. The number of carbonyl (C=O) groups excluding carboxylic acids is 1. The number of nitrogens with zero attached hydrogens (tertiary/aromatic N) is 3. The van der Waals surface area contributed by atoms with Crippen molar-refractivity contribution < 1.29 is 18.0 Å². The molecule has 0 saturated carbocycles. The quantitative estimate of drug-likeness (QED) is 0.909. The first-order valence-corrected chi connectivity index (χ1v) is 7.33. The maximum Gasteiger partial charge on any atom is 0.393 e. The van der Waals surface area contributed by atoms with Gasteiger partial charge in [0.15, 0.2) is 0 Å². The molecule has 1 fully saturated rings. The van der Waals surface area contributed by atoms with E-state index >= 15 is 0 Å². The second-order valence-corrected chi connectivity index (χ2v) is 6.11. The van der Waals surface area contributed by atoms with Crippen LogP contribution < -0.4 is 10.2 Å². The van der Waals surface area contributed by atoms with Crippen molar-refractivity contribution in [3.05, 3.63) is 23.9 Å². The zero-order valence-electron chi connectivity index (χ0n) is 13.4. The lowest BCUT2D eigenvalue weighted by Gasteiger charge is -2.20. The molecule has 0 radical (unpaired) electrons. The molecule has 8 heteroatoms. The Hall–Kier alpha value is -1.83. The van der Waals surface area contributed by atoms with Gasteiger partial charge in [-0.3, -0.25) is 4.79 Å². The van der Waals surface area contributed by atoms with Gasteiger partial charge in [-0.2, -0.15) is 13.2 Å². The van der Waals surface area contributed by atoms with Gasteiger partial charge in [-0.25, -0.2) is 4.98 Å². The van der Waals surface area contributed by atoms with Crippen LogP contribution in [0.2, 0.25) is 0 Å². The van der Waals surface area contributed by atoms with E-state index in [4.69, 9.17) is 0 Å². The Morgan fingerprint density at radius 3 is 2.74 bits per heavy atom. The van der Waals surface area contributed by atoms with Crippen LogP contribution in [0.4, 0.5) is 19.0 Å². The predicted octanol–water partition coefficient (Wildman–Crippen LogP) is 1.50. The molecular formula is C15H21F3N4O. The maximum atomic E-state index is 13.0. The minimum Gasteiger partial charge on any atom is -0.363 e. The molecule has 128 valence electrons. The molecule has 2 heterocycles. The van der Waals surface area contributed by atoms with Crippen LogP contribution >= 0.6 is 0 Å². The van der Waals surface area contributed by atoms with E-state index in [-0.39, 0.29) is 19.6 Å². The lowest BCUT2D eigenvalue weighted by atomic mass is 9.94. The average Bonchev–Trinajstić information content (AvgIpc) is 2.87. The first-order valence-electron chi connectivity index (χ1n) is 7.33. The van der Waals surface area contributed by atoms with Crippen LogP contribution in [0, 0.1) is 11.8 Å². The van der Waals surface area contributed by atoms with Crippen molar-refractivity contribution in [1.82, 2.24) is 15.2 Å². The third-order valence-corrected chi connectivity index (χ3v) is 3.99. The molecule has 1 N–H and O–H groups in total. The number of hydrogen-bond donors (Lipinski definition) is 1. The van der Waals surface area contributed by atoms with E-state index in [1.54, 1.807) is 30.3 Å². The van der Waals surface area contributed by atoms with Crippen LogP contribution in [0.15, 0.2) is 18.3 Å². The molecule has 0 aliphatic carbocycles. The number of alkyl halides is 3. The Morgan fingerprint density at radius 1 is 1.43 bits per heavy atom. The first kappa shape index (κ1) is 17.5. The van der Waals surface area contributed by atoms with Crippen molar-refractivity contribution in [2.45, 2.75) is 12.7 Å². The van der Waals surface area contributed by atoms with E-state index in [0.29, 0.717) is 0 Å². The molecule has 0 aromatic carbocycles. The van der Waals surface area contributed by atoms with E-state index in [9.17, 15) is 18.0 Å².